The van der Waals surface area contributed by atoms with E-state index in [-0.39, 0.29) is 17.2 Å². The summed E-state index contributed by atoms with van der Waals surface area (Å²) in [7, 11) is 0. The monoisotopic (exact) mass is 363 g/mol. The van der Waals surface area contributed by atoms with Crippen molar-refractivity contribution < 1.29 is 0 Å². The molecule has 0 amide bonds. The Balaban J connectivity index is 2.30. The first-order chi connectivity index (χ1) is 12.5. The van der Waals surface area contributed by atoms with Crippen LogP contribution in [0.1, 0.15) is 18.4 Å². The van der Waals surface area contributed by atoms with Crippen LogP contribution in [0, 0.1) is 45.3 Å². The molecule has 2 atom stereocenters. The second-order valence-corrected chi connectivity index (χ2v) is 7.02. The molecule has 130 valence electrons. The summed E-state index contributed by atoms with van der Waals surface area (Å²) >= 11 is 6.02. The quantitative estimate of drug-likeness (QED) is 0.870. The minimum atomic E-state index is -1.59. The van der Waals surface area contributed by atoms with Crippen molar-refractivity contribution in [3.05, 3.63) is 57.8 Å². The zero-order valence-corrected chi connectivity index (χ0v) is 15.2. The highest BCUT2D eigenvalue weighted by Crippen LogP contribution is 2.54. The maximum absolute atomic E-state index is 9.97. The van der Waals surface area contributed by atoms with Crippen molar-refractivity contribution in [3.63, 3.8) is 0 Å². The first-order valence-corrected chi connectivity index (χ1v) is 8.81. The molecule has 0 unspecified atom stereocenters. The molecule has 1 heterocycles. The predicted molar refractivity (Wildman–Crippen MR) is 98.4 cm³/mol. The first-order valence-electron chi connectivity index (χ1n) is 8.43. The van der Waals surface area contributed by atoms with Gasteiger partial charge in [-0.15, -0.1) is 0 Å². The third-order valence-electron chi connectivity index (χ3n) is 5.42. The van der Waals surface area contributed by atoms with Gasteiger partial charge in [-0.1, -0.05) is 36.7 Å². The van der Waals surface area contributed by atoms with Crippen LogP contribution in [0.25, 0.3) is 0 Å². The Labute approximate surface area is 158 Å². The summed E-state index contributed by atoms with van der Waals surface area (Å²) in [4.78, 5) is 2.23. The molecule has 0 radical (unpaired) electrons. The zero-order chi connectivity index (χ0) is 18.9. The van der Waals surface area contributed by atoms with Crippen LogP contribution in [-0.4, -0.2) is 24.5 Å². The third-order valence-corrected chi connectivity index (χ3v) is 5.67. The highest BCUT2D eigenvalue weighted by Gasteiger charge is 2.54. The van der Waals surface area contributed by atoms with E-state index in [0.717, 1.165) is 24.2 Å². The second kappa shape index (κ2) is 6.85. The summed E-state index contributed by atoms with van der Waals surface area (Å²) in [6.07, 6.45) is 2.00. The molecule has 0 spiro atoms. The molecule has 1 aromatic carbocycles. The predicted octanol–water partition coefficient (Wildman–Crippen LogP) is 3.09. The molecule has 1 aliphatic carbocycles. The van der Waals surface area contributed by atoms with Crippen molar-refractivity contribution in [2.75, 3.05) is 19.6 Å². The number of nitriles is 3. The van der Waals surface area contributed by atoms with Crippen molar-refractivity contribution in [1.29, 1.82) is 15.8 Å². The number of halogens is 1. The molecule has 1 aliphatic heterocycles. The zero-order valence-electron chi connectivity index (χ0n) is 14.4. The number of likely N-dealkylation sites (N-methyl/N-ethyl adjacent to an activating group) is 1. The van der Waals surface area contributed by atoms with E-state index in [9.17, 15) is 15.8 Å². The normalized spacial score (nSPS) is 24.7. The molecular formula is C20H18ClN5. The lowest BCUT2D eigenvalue weighted by Crippen LogP contribution is -2.48. The summed E-state index contributed by atoms with van der Waals surface area (Å²) in [5.41, 5.74) is 6.67. The Morgan fingerprint density at radius 2 is 1.88 bits per heavy atom. The highest BCUT2D eigenvalue weighted by atomic mass is 35.5. The van der Waals surface area contributed by atoms with Gasteiger partial charge in [-0.3, -0.25) is 4.90 Å². The van der Waals surface area contributed by atoms with Gasteiger partial charge < -0.3 is 5.73 Å². The van der Waals surface area contributed by atoms with E-state index in [1.165, 1.54) is 0 Å². The van der Waals surface area contributed by atoms with Crippen molar-refractivity contribution in [2.45, 2.75) is 12.8 Å². The standard InChI is InChI=1S/C20H18ClN5/c1-2-26-8-7-15-16(9-22)19(25)20(11-23,12-24)18(17(15)10-26)13-3-5-14(21)6-4-13/h3-7,17-18H,2,8,10,25H2,1H3/t17-,18-/m1/s1. The fraction of sp³-hybridized carbons (Fsp3) is 0.350. The molecule has 2 N–H and O–H groups in total. The smallest absolute Gasteiger partial charge is 0.191 e. The summed E-state index contributed by atoms with van der Waals surface area (Å²) in [6, 6.07) is 13.6. The van der Waals surface area contributed by atoms with E-state index in [1.807, 2.05) is 18.2 Å². The van der Waals surface area contributed by atoms with Crippen LogP contribution in [-0.2, 0) is 0 Å². The van der Waals surface area contributed by atoms with E-state index in [0.29, 0.717) is 11.6 Å². The largest absolute Gasteiger partial charge is 0.399 e. The van der Waals surface area contributed by atoms with Gasteiger partial charge in [0, 0.05) is 29.9 Å². The molecule has 0 saturated carbocycles. The Kier molecular flexibility index (Phi) is 4.75. The van der Waals surface area contributed by atoms with Gasteiger partial charge in [-0.25, -0.2) is 0 Å². The fourth-order valence-corrected chi connectivity index (χ4v) is 4.17. The first kappa shape index (κ1) is 18.0. The second-order valence-electron chi connectivity index (χ2n) is 6.58. The van der Waals surface area contributed by atoms with Gasteiger partial charge in [-0.2, -0.15) is 15.8 Å². The molecule has 0 saturated heterocycles. The molecule has 1 aromatic rings. The van der Waals surface area contributed by atoms with E-state index in [4.69, 9.17) is 17.3 Å². The summed E-state index contributed by atoms with van der Waals surface area (Å²) in [5, 5.41) is 30.2. The number of fused-ring (bicyclic) bond motifs is 1. The van der Waals surface area contributed by atoms with E-state index in [2.05, 4.69) is 30.0 Å². The third kappa shape index (κ3) is 2.56. The van der Waals surface area contributed by atoms with Crippen molar-refractivity contribution in [3.8, 4) is 18.2 Å². The van der Waals surface area contributed by atoms with Gasteiger partial charge >= 0.3 is 0 Å². The fourth-order valence-electron chi connectivity index (χ4n) is 4.04. The number of rotatable bonds is 2. The molecular weight excluding hydrogens is 346 g/mol. The van der Waals surface area contributed by atoms with Crippen LogP contribution in [0.3, 0.4) is 0 Å². The average Bonchev–Trinajstić information content (AvgIpc) is 2.68. The van der Waals surface area contributed by atoms with Gasteiger partial charge in [0.25, 0.3) is 0 Å². The summed E-state index contributed by atoms with van der Waals surface area (Å²) in [5.74, 6) is -0.626. The number of hydrogen-bond acceptors (Lipinski definition) is 5. The van der Waals surface area contributed by atoms with Crippen LogP contribution in [0.2, 0.25) is 5.02 Å². The number of benzene rings is 1. The lowest BCUT2D eigenvalue weighted by atomic mass is 9.58. The van der Waals surface area contributed by atoms with Gasteiger partial charge in [0.1, 0.15) is 6.07 Å². The highest BCUT2D eigenvalue weighted by molar-refractivity contribution is 6.30. The number of nitrogens with two attached hydrogens (primary N) is 1. The van der Waals surface area contributed by atoms with Crippen LogP contribution < -0.4 is 5.73 Å². The molecule has 0 aromatic heterocycles. The summed E-state index contributed by atoms with van der Waals surface area (Å²) < 4.78 is 0. The van der Waals surface area contributed by atoms with Gasteiger partial charge in [0.15, 0.2) is 5.41 Å². The minimum Gasteiger partial charge on any atom is -0.399 e. The van der Waals surface area contributed by atoms with Crippen LogP contribution >= 0.6 is 11.6 Å². The Bertz CT molecular complexity index is 893. The average molecular weight is 364 g/mol. The Morgan fingerprint density at radius 1 is 1.23 bits per heavy atom. The lowest BCUT2D eigenvalue weighted by molar-refractivity contribution is 0.214. The molecule has 5 nitrogen and oxygen atoms in total. The van der Waals surface area contributed by atoms with Crippen LogP contribution in [0.4, 0.5) is 0 Å². The SMILES string of the molecule is CCN1CC=C2C(C#N)=C(N)C(C#N)(C#N)[C@H](c3ccc(Cl)cc3)[C@@H]2C1. The van der Waals surface area contributed by atoms with Crippen molar-refractivity contribution in [2.24, 2.45) is 17.1 Å². The molecule has 26 heavy (non-hydrogen) atoms. The molecule has 3 rings (SSSR count). The topological polar surface area (TPSA) is 101 Å². The Morgan fingerprint density at radius 3 is 2.42 bits per heavy atom. The maximum Gasteiger partial charge on any atom is 0.191 e. The minimum absolute atomic E-state index is 0.0531. The lowest BCUT2D eigenvalue weighted by Gasteiger charge is -2.45. The molecule has 0 bridgehead atoms. The van der Waals surface area contributed by atoms with E-state index < -0.39 is 11.3 Å². The van der Waals surface area contributed by atoms with Crippen molar-refractivity contribution >= 4 is 11.6 Å². The van der Waals surface area contributed by atoms with Crippen LogP contribution in [0.5, 0.6) is 0 Å². The number of nitrogens with zero attached hydrogens (tertiary/aromatic N) is 4. The molecule has 0 fully saturated rings. The molecule has 2 aliphatic rings. The van der Waals surface area contributed by atoms with E-state index >= 15 is 0 Å². The van der Waals surface area contributed by atoms with Crippen molar-refractivity contribution in [1.82, 2.24) is 4.90 Å². The maximum atomic E-state index is 9.97. The number of allylic oxidation sites excluding steroid dienone is 2. The molecule has 6 heteroatoms. The number of hydrogen-bond donors (Lipinski definition) is 1. The summed E-state index contributed by atoms with van der Waals surface area (Å²) in [6.45, 7) is 4.30. The van der Waals surface area contributed by atoms with E-state index in [1.54, 1.807) is 12.1 Å². The van der Waals surface area contributed by atoms with Gasteiger partial charge in [0.2, 0.25) is 0 Å². The van der Waals surface area contributed by atoms with Gasteiger partial charge in [0.05, 0.1) is 23.4 Å². The van der Waals surface area contributed by atoms with Crippen LogP contribution in [0.15, 0.2) is 47.2 Å². The van der Waals surface area contributed by atoms with Gasteiger partial charge in [-0.05, 0) is 29.8 Å². The Hall–Kier alpha value is -2.78.